The minimum Gasteiger partial charge on any atom is -0.484 e. The molecule has 0 unspecified atom stereocenters. The predicted octanol–water partition coefficient (Wildman–Crippen LogP) is 3.54. The van der Waals surface area contributed by atoms with Crippen molar-refractivity contribution in [3.05, 3.63) is 23.2 Å². The Kier molecular flexibility index (Phi) is 2.52. The molecule has 74 valence electrons. The largest absolute Gasteiger partial charge is 0.484 e. The van der Waals surface area contributed by atoms with Crippen molar-refractivity contribution in [1.29, 1.82) is 0 Å². The summed E-state index contributed by atoms with van der Waals surface area (Å²) >= 11 is 7.46. The number of hydrogen-bond acceptors (Lipinski definition) is 3. The number of halogens is 1. The first-order valence-electron chi connectivity index (χ1n) is 4.32. The third-order valence-electron chi connectivity index (χ3n) is 1.90. The van der Waals surface area contributed by atoms with E-state index in [2.05, 4.69) is 0 Å². The van der Waals surface area contributed by atoms with Crippen LogP contribution < -0.4 is 10.5 Å². The van der Waals surface area contributed by atoms with Gasteiger partial charge in [0.25, 0.3) is 0 Å². The first-order valence-corrected chi connectivity index (χ1v) is 5.51. The lowest BCUT2D eigenvalue weighted by Crippen LogP contribution is -1.87. The van der Waals surface area contributed by atoms with Crippen LogP contribution in [0, 0.1) is 0 Å². The van der Waals surface area contributed by atoms with Gasteiger partial charge < -0.3 is 10.5 Å². The molecule has 0 spiro atoms. The maximum Gasteiger partial charge on any atom is 0.174 e. The number of nitrogens with two attached hydrogens (primary N) is 1. The molecule has 2 nitrogen and oxygen atoms in total. The minimum atomic E-state index is 0.667. The van der Waals surface area contributed by atoms with Gasteiger partial charge >= 0.3 is 0 Å². The van der Waals surface area contributed by atoms with Crippen molar-refractivity contribution < 1.29 is 4.74 Å². The monoisotopic (exact) mass is 227 g/mol. The van der Waals surface area contributed by atoms with Crippen molar-refractivity contribution in [2.45, 2.75) is 6.92 Å². The van der Waals surface area contributed by atoms with E-state index in [-0.39, 0.29) is 0 Å². The summed E-state index contributed by atoms with van der Waals surface area (Å²) in [5.74, 6) is 0. The van der Waals surface area contributed by atoms with Gasteiger partial charge in [0.05, 0.1) is 6.61 Å². The summed E-state index contributed by atoms with van der Waals surface area (Å²) in [4.78, 5) is 0. The van der Waals surface area contributed by atoms with Crippen LogP contribution in [0.3, 0.4) is 0 Å². The van der Waals surface area contributed by atoms with Gasteiger partial charge in [0.15, 0.2) is 5.06 Å². The number of fused-ring (bicyclic) bond motifs is 1. The van der Waals surface area contributed by atoms with Crippen LogP contribution in [0.4, 0.5) is 5.69 Å². The van der Waals surface area contributed by atoms with E-state index in [1.54, 1.807) is 17.4 Å². The highest BCUT2D eigenvalue weighted by molar-refractivity contribution is 7.20. The van der Waals surface area contributed by atoms with Crippen molar-refractivity contribution in [1.82, 2.24) is 0 Å². The summed E-state index contributed by atoms with van der Waals surface area (Å²) in [5, 5.41) is 2.57. The van der Waals surface area contributed by atoms with Gasteiger partial charge in [0, 0.05) is 26.9 Å². The number of benzene rings is 1. The van der Waals surface area contributed by atoms with Gasteiger partial charge in [-0.25, -0.2) is 0 Å². The molecule has 0 bridgehead atoms. The molecule has 0 saturated heterocycles. The molecule has 14 heavy (non-hydrogen) atoms. The maximum absolute atomic E-state index is 5.90. The maximum atomic E-state index is 5.90. The zero-order valence-corrected chi connectivity index (χ0v) is 9.28. The quantitative estimate of drug-likeness (QED) is 0.797. The molecule has 1 heterocycles. The Morgan fingerprint density at radius 3 is 2.93 bits per heavy atom. The van der Waals surface area contributed by atoms with Crippen molar-refractivity contribution in [2.24, 2.45) is 0 Å². The Hall–Kier alpha value is -0.930. The van der Waals surface area contributed by atoms with E-state index in [0.29, 0.717) is 17.3 Å². The van der Waals surface area contributed by atoms with E-state index in [4.69, 9.17) is 22.1 Å². The molecule has 0 aliphatic heterocycles. The number of nitrogen functional groups attached to an aromatic ring is 1. The normalized spacial score (nSPS) is 10.7. The van der Waals surface area contributed by atoms with Gasteiger partial charge in [-0.3, -0.25) is 0 Å². The van der Waals surface area contributed by atoms with E-state index < -0.39 is 0 Å². The second kappa shape index (κ2) is 3.67. The predicted molar refractivity (Wildman–Crippen MR) is 62.4 cm³/mol. The molecular formula is C10H10ClNOS. The highest BCUT2D eigenvalue weighted by Gasteiger charge is 2.06. The molecule has 0 fully saturated rings. The Bertz CT molecular complexity index is 466. The number of thiophene rings is 1. The van der Waals surface area contributed by atoms with Crippen LogP contribution >= 0.6 is 22.9 Å². The van der Waals surface area contributed by atoms with E-state index in [1.165, 1.54) is 0 Å². The lowest BCUT2D eigenvalue weighted by molar-refractivity contribution is 0.350. The van der Waals surface area contributed by atoms with E-state index in [9.17, 15) is 0 Å². The molecule has 0 radical (unpaired) electrons. The molecule has 2 aromatic rings. The molecule has 0 atom stereocenters. The average molecular weight is 228 g/mol. The molecule has 2 N–H and O–H groups in total. The molecule has 1 aromatic carbocycles. The van der Waals surface area contributed by atoms with Crippen molar-refractivity contribution in [2.75, 3.05) is 12.3 Å². The second-order valence-corrected chi connectivity index (χ2v) is 4.39. The summed E-state index contributed by atoms with van der Waals surface area (Å²) in [5.41, 5.74) is 6.54. The van der Waals surface area contributed by atoms with Gasteiger partial charge in [0.2, 0.25) is 0 Å². The molecule has 0 saturated carbocycles. The van der Waals surface area contributed by atoms with Crippen molar-refractivity contribution in [3.63, 3.8) is 0 Å². The summed E-state index contributed by atoms with van der Waals surface area (Å²) in [7, 11) is 0. The number of ether oxygens (including phenoxy) is 1. The number of rotatable bonds is 2. The van der Waals surface area contributed by atoms with Crippen LogP contribution in [0.2, 0.25) is 5.02 Å². The Labute approximate surface area is 91.2 Å². The fourth-order valence-electron chi connectivity index (χ4n) is 1.32. The summed E-state index contributed by atoms with van der Waals surface area (Å²) in [6.07, 6.45) is 0. The van der Waals surface area contributed by atoms with Gasteiger partial charge in [0.1, 0.15) is 0 Å². The number of hydrogen-bond donors (Lipinski definition) is 1. The third-order valence-corrected chi connectivity index (χ3v) is 3.11. The first kappa shape index (κ1) is 9.62. The molecule has 0 amide bonds. The Morgan fingerprint density at radius 2 is 2.21 bits per heavy atom. The van der Waals surface area contributed by atoms with Crippen LogP contribution in [0.1, 0.15) is 6.92 Å². The minimum absolute atomic E-state index is 0.667. The fourth-order valence-corrected chi connectivity index (χ4v) is 2.66. The Balaban J connectivity index is 2.58. The summed E-state index contributed by atoms with van der Waals surface area (Å²) < 4.78 is 6.47. The third kappa shape index (κ3) is 1.65. The summed E-state index contributed by atoms with van der Waals surface area (Å²) in [6.45, 7) is 2.63. The second-order valence-electron chi connectivity index (χ2n) is 2.91. The van der Waals surface area contributed by atoms with Gasteiger partial charge in [-0.2, -0.15) is 0 Å². The van der Waals surface area contributed by atoms with Crippen LogP contribution in [0.25, 0.3) is 10.1 Å². The fraction of sp³-hybridized carbons (Fsp3) is 0.200. The highest BCUT2D eigenvalue weighted by Crippen LogP contribution is 2.36. The van der Waals surface area contributed by atoms with E-state index in [1.807, 2.05) is 19.1 Å². The lowest BCUT2D eigenvalue weighted by Gasteiger charge is -1.95. The smallest absolute Gasteiger partial charge is 0.174 e. The summed E-state index contributed by atoms with van der Waals surface area (Å²) in [6, 6.07) is 5.61. The lowest BCUT2D eigenvalue weighted by atomic mass is 10.2. The highest BCUT2D eigenvalue weighted by atomic mass is 35.5. The molecule has 0 aliphatic rings. The SMILES string of the molecule is CCOc1cc2c(N)cc(Cl)cc2s1. The molecule has 2 rings (SSSR count). The number of anilines is 1. The van der Waals surface area contributed by atoms with Crippen LogP contribution in [0.15, 0.2) is 18.2 Å². The zero-order chi connectivity index (χ0) is 10.1. The van der Waals surface area contributed by atoms with Crippen LogP contribution in [-0.4, -0.2) is 6.61 Å². The average Bonchev–Trinajstić information content (AvgIpc) is 2.48. The molecule has 0 aliphatic carbocycles. The van der Waals surface area contributed by atoms with Gasteiger partial charge in [-0.05, 0) is 19.1 Å². The molecular weight excluding hydrogens is 218 g/mol. The van der Waals surface area contributed by atoms with E-state index in [0.717, 1.165) is 15.1 Å². The van der Waals surface area contributed by atoms with Gasteiger partial charge in [-0.1, -0.05) is 22.9 Å². The molecule has 1 aromatic heterocycles. The Morgan fingerprint density at radius 1 is 1.43 bits per heavy atom. The van der Waals surface area contributed by atoms with Crippen LogP contribution in [0.5, 0.6) is 5.06 Å². The first-order chi connectivity index (χ1) is 6.70. The molecule has 4 heteroatoms. The zero-order valence-electron chi connectivity index (χ0n) is 7.71. The standard InChI is InChI=1S/C10H10ClNOS/c1-2-13-10-5-7-8(12)3-6(11)4-9(7)14-10/h3-5H,2,12H2,1H3. The van der Waals surface area contributed by atoms with E-state index >= 15 is 0 Å². The topological polar surface area (TPSA) is 35.2 Å². The van der Waals surface area contributed by atoms with Crippen molar-refractivity contribution >= 4 is 38.7 Å². The van der Waals surface area contributed by atoms with Crippen molar-refractivity contribution in [3.8, 4) is 5.06 Å². The van der Waals surface area contributed by atoms with Crippen LogP contribution in [-0.2, 0) is 0 Å². The van der Waals surface area contributed by atoms with Gasteiger partial charge in [-0.15, -0.1) is 0 Å².